The molecular weight excluding hydrogens is 216 g/mol. The molecule has 1 aliphatic carbocycles. The minimum absolute atomic E-state index is 0.909. The Balaban J connectivity index is 1.79. The van der Waals surface area contributed by atoms with Crippen LogP contribution in [0.4, 0.5) is 0 Å². The highest BCUT2D eigenvalue weighted by atomic mass is 14.2. The second kappa shape index (κ2) is 11.2. The highest BCUT2D eigenvalue weighted by Gasteiger charge is 2.19. The van der Waals surface area contributed by atoms with Crippen molar-refractivity contribution in [1.82, 2.24) is 0 Å². The second-order valence-corrected chi connectivity index (χ2v) is 5.48. The van der Waals surface area contributed by atoms with Crippen molar-refractivity contribution in [2.45, 2.75) is 84.0 Å². The molecule has 0 heterocycles. The van der Waals surface area contributed by atoms with Crippen LogP contribution in [0.1, 0.15) is 84.0 Å². The van der Waals surface area contributed by atoms with Crippen LogP contribution in [-0.4, -0.2) is 0 Å². The highest BCUT2D eigenvalue weighted by molar-refractivity contribution is 5.26. The Hall–Kier alpha value is -0.880. The molecule has 0 aliphatic heterocycles. The lowest BCUT2D eigenvalue weighted by molar-refractivity contribution is 0.579. The van der Waals surface area contributed by atoms with Gasteiger partial charge < -0.3 is 0 Å². The third-order valence-corrected chi connectivity index (χ3v) is 3.48. The Kier molecular flexibility index (Phi) is 9.46. The van der Waals surface area contributed by atoms with E-state index < -0.39 is 0 Å². The van der Waals surface area contributed by atoms with Crippen LogP contribution in [0.3, 0.4) is 0 Å². The molecule has 0 atom stereocenters. The maximum Gasteiger partial charge on any atom is 0.0127 e. The second-order valence-electron chi connectivity index (χ2n) is 5.48. The third-order valence-electron chi connectivity index (χ3n) is 3.48. The molecule has 0 heteroatoms. The van der Waals surface area contributed by atoms with Crippen molar-refractivity contribution in [3.63, 3.8) is 0 Å². The van der Waals surface area contributed by atoms with E-state index >= 15 is 0 Å². The first-order valence-electron chi connectivity index (χ1n) is 7.89. The van der Waals surface area contributed by atoms with E-state index in [1.54, 1.807) is 0 Å². The summed E-state index contributed by atoms with van der Waals surface area (Å²) in [6.45, 7) is 2.27. The van der Waals surface area contributed by atoms with Gasteiger partial charge >= 0.3 is 0 Å². The Labute approximate surface area is 114 Å². The summed E-state index contributed by atoms with van der Waals surface area (Å²) in [5.41, 5.74) is 0. The van der Waals surface area contributed by atoms with Crippen molar-refractivity contribution in [2.24, 2.45) is 5.92 Å². The van der Waals surface area contributed by atoms with E-state index in [1.807, 2.05) is 0 Å². The van der Waals surface area contributed by atoms with Crippen LogP contribution in [0.25, 0.3) is 0 Å². The molecule has 1 aliphatic rings. The molecule has 0 nitrogen and oxygen atoms in total. The van der Waals surface area contributed by atoms with E-state index in [2.05, 4.69) is 30.6 Å². The van der Waals surface area contributed by atoms with Gasteiger partial charge in [-0.3, -0.25) is 0 Å². The first-order chi connectivity index (χ1) is 8.93. The fourth-order valence-electron chi connectivity index (χ4n) is 2.02. The zero-order chi connectivity index (χ0) is 12.9. The van der Waals surface area contributed by atoms with Crippen LogP contribution in [0.2, 0.25) is 0 Å². The van der Waals surface area contributed by atoms with Crippen LogP contribution in [-0.2, 0) is 0 Å². The fraction of sp³-hybridized carbons (Fsp3) is 0.778. The van der Waals surface area contributed by atoms with Crippen LogP contribution in [0, 0.1) is 29.6 Å². The predicted molar refractivity (Wildman–Crippen MR) is 80.1 cm³/mol. The molecule has 1 rings (SSSR count). The SMILES string of the molecule is CCCCCCCCCCC#CC#CCC1CC1. The van der Waals surface area contributed by atoms with E-state index in [4.69, 9.17) is 0 Å². The number of rotatable bonds is 9. The van der Waals surface area contributed by atoms with Gasteiger partial charge in [0.2, 0.25) is 0 Å². The van der Waals surface area contributed by atoms with Crippen molar-refractivity contribution in [3.8, 4) is 23.7 Å². The Morgan fingerprint density at radius 3 is 2.06 bits per heavy atom. The number of hydrogen-bond acceptors (Lipinski definition) is 0. The first-order valence-corrected chi connectivity index (χ1v) is 7.89. The average Bonchev–Trinajstić information content (AvgIpc) is 3.19. The molecule has 0 amide bonds. The molecular formula is C18H28. The van der Waals surface area contributed by atoms with Gasteiger partial charge in [0.05, 0.1) is 0 Å². The summed E-state index contributed by atoms with van der Waals surface area (Å²) < 4.78 is 0. The number of unbranched alkanes of at least 4 members (excludes halogenated alkanes) is 8. The molecule has 1 fully saturated rings. The normalized spacial score (nSPS) is 13.4. The Morgan fingerprint density at radius 2 is 1.39 bits per heavy atom. The molecule has 0 bridgehead atoms. The van der Waals surface area contributed by atoms with Gasteiger partial charge in [0, 0.05) is 12.8 Å². The summed E-state index contributed by atoms with van der Waals surface area (Å²) in [7, 11) is 0. The molecule has 100 valence electrons. The van der Waals surface area contributed by atoms with Crippen molar-refractivity contribution >= 4 is 0 Å². The summed E-state index contributed by atoms with van der Waals surface area (Å²) in [5.74, 6) is 13.2. The van der Waals surface area contributed by atoms with Gasteiger partial charge in [0.1, 0.15) is 0 Å². The van der Waals surface area contributed by atoms with Crippen molar-refractivity contribution in [1.29, 1.82) is 0 Å². The molecule has 0 unspecified atom stereocenters. The van der Waals surface area contributed by atoms with Gasteiger partial charge in [0.15, 0.2) is 0 Å². The maximum absolute atomic E-state index is 3.17. The van der Waals surface area contributed by atoms with Gasteiger partial charge in [-0.1, -0.05) is 63.7 Å². The lowest BCUT2D eigenvalue weighted by Gasteiger charge is -1.98. The standard InChI is InChI=1S/C18H28/c1-2-3-4-5-6-7-8-9-10-11-12-13-14-15-18-16-17-18/h18H,2-10,15-17H2,1H3. The predicted octanol–water partition coefficient (Wildman–Crippen LogP) is 5.32. The smallest absolute Gasteiger partial charge is 0.0127 e. The molecule has 0 N–H and O–H groups in total. The molecule has 0 aromatic rings. The van der Waals surface area contributed by atoms with Crippen LogP contribution in [0.5, 0.6) is 0 Å². The largest absolute Gasteiger partial charge is 0.0891 e. The van der Waals surface area contributed by atoms with Crippen molar-refractivity contribution in [3.05, 3.63) is 0 Å². The number of hydrogen-bond donors (Lipinski definition) is 0. The Bertz CT molecular complexity index is 300. The maximum atomic E-state index is 3.17. The monoisotopic (exact) mass is 244 g/mol. The average molecular weight is 244 g/mol. The van der Waals surface area contributed by atoms with E-state index in [1.165, 1.54) is 64.2 Å². The van der Waals surface area contributed by atoms with Crippen molar-refractivity contribution < 1.29 is 0 Å². The first kappa shape index (κ1) is 15.2. The third kappa shape index (κ3) is 10.3. The lowest BCUT2D eigenvalue weighted by atomic mass is 10.1. The topological polar surface area (TPSA) is 0 Å². The van der Waals surface area contributed by atoms with Gasteiger partial charge in [-0.2, -0.15) is 0 Å². The zero-order valence-corrected chi connectivity index (χ0v) is 12.1. The summed E-state index contributed by atoms with van der Waals surface area (Å²) in [6, 6.07) is 0. The molecule has 0 radical (unpaired) electrons. The van der Waals surface area contributed by atoms with Crippen LogP contribution >= 0.6 is 0 Å². The van der Waals surface area contributed by atoms with E-state index in [0.717, 1.165) is 18.8 Å². The summed E-state index contributed by atoms with van der Waals surface area (Å²) in [6.07, 6.45) is 15.9. The molecule has 18 heavy (non-hydrogen) atoms. The lowest BCUT2D eigenvalue weighted by Crippen LogP contribution is -1.79. The van der Waals surface area contributed by atoms with Gasteiger partial charge in [0.25, 0.3) is 0 Å². The minimum atomic E-state index is 0.909. The van der Waals surface area contributed by atoms with Crippen LogP contribution < -0.4 is 0 Å². The molecule has 0 aromatic carbocycles. The molecule has 0 saturated heterocycles. The summed E-state index contributed by atoms with van der Waals surface area (Å²) in [5, 5.41) is 0. The highest BCUT2D eigenvalue weighted by Crippen LogP contribution is 2.31. The van der Waals surface area contributed by atoms with Crippen molar-refractivity contribution in [2.75, 3.05) is 0 Å². The van der Waals surface area contributed by atoms with Gasteiger partial charge in [-0.25, -0.2) is 0 Å². The van der Waals surface area contributed by atoms with E-state index in [0.29, 0.717) is 0 Å². The Morgan fingerprint density at radius 1 is 0.778 bits per heavy atom. The zero-order valence-electron chi connectivity index (χ0n) is 12.1. The molecule has 0 aromatic heterocycles. The van der Waals surface area contributed by atoms with E-state index in [-0.39, 0.29) is 0 Å². The van der Waals surface area contributed by atoms with Crippen LogP contribution in [0.15, 0.2) is 0 Å². The quantitative estimate of drug-likeness (QED) is 0.380. The minimum Gasteiger partial charge on any atom is -0.0891 e. The van der Waals surface area contributed by atoms with Gasteiger partial charge in [-0.15, -0.1) is 0 Å². The summed E-state index contributed by atoms with van der Waals surface area (Å²) >= 11 is 0. The molecule has 1 saturated carbocycles. The van der Waals surface area contributed by atoms with Gasteiger partial charge in [-0.05, 0) is 37.0 Å². The molecule has 0 spiro atoms. The fourth-order valence-corrected chi connectivity index (χ4v) is 2.02. The summed E-state index contributed by atoms with van der Waals surface area (Å²) in [4.78, 5) is 0. The van der Waals surface area contributed by atoms with E-state index in [9.17, 15) is 0 Å².